The molecule has 19 heavy (non-hydrogen) atoms. The maximum atomic E-state index is 12.1. The summed E-state index contributed by atoms with van der Waals surface area (Å²) in [5, 5.41) is 4.97. The molecule has 2 aromatic heterocycles. The first-order valence-corrected chi connectivity index (χ1v) is 8.32. The van der Waals surface area contributed by atoms with Crippen molar-refractivity contribution in [3.63, 3.8) is 0 Å². The van der Waals surface area contributed by atoms with Gasteiger partial charge in [0, 0.05) is 26.1 Å². The average Bonchev–Trinajstić information content (AvgIpc) is 2.92. The van der Waals surface area contributed by atoms with E-state index in [9.17, 15) is 4.79 Å². The molecule has 0 saturated heterocycles. The van der Waals surface area contributed by atoms with Crippen molar-refractivity contribution in [2.75, 3.05) is 12.8 Å². The molecular formula is C13H15N3OS2. The second-order valence-electron chi connectivity index (χ2n) is 4.59. The first-order chi connectivity index (χ1) is 9.26. The number of fused-ring (bicyclic) bond motifs is 1. The van der Waals surface area contributed by atoms with Crippen molar-refractivity contribution in [1.82, 2.24) is 14.9 Å². The number of nitrogens with zero attached hydrogens (tertiary/aromatic N) is 2. The van der Waals surface area contributed by atoms with Crippen molar-refractivity contribution in [1.29, 1.82) is 0 Å². The van der Waals surface area contributed by atoms with Crippen LogP contribution in [0.5, 0.6) is 0 Å². The van der Waals surface area contributed by atoms with Crippen LogP contribution in [0.4, 0.5) is 0 Å². The minimum atomic E-state index is 0.0179. The summed E-state index contributed by atoms with van der Waals surface area (Å²) < 4.78 is 0. The zero-order chi connectivity index (χ0) is 13.2. The van der Waals surface area contributed by atoms with E-state index in [1.165, 1.54) is 17.3 Å². The molecule has 0 bridgehead atoms. The largest absolute Gasteiger partial charge is 0.301 e. The van der Waals surface area contributed by atoms with E-state index in [2.05, 4.69) is 31.7 Å². The number of H-pyrrole nitrogens is 1. The van der Waals surface area contributed by atoms with E-state index in [4.69, 9.17) is 0 Å². The molecule has 4 nitrogen and oxygen atoms in total. The van der Waals surface area contributed by atoms with Gasteiger partial charge in [-0.1, -0.05) is 11.8 Å². The van der Waals surface area contributed by atoms with Crippen molar-refractivity contribution < 1.29 is 0 Å². The molecule has 0 aliphatic carbocycles. The summed E-state index contributed by atoms with van der Waals surface area (Å²) in [5.41, 5.74) is 3.14. The lowest BCUT2D eigenvalue weighted by Gasteiger charge is -2.27. The van der Waals surface area contributed by atoms with Crippen molar-refractivity contribution in [3.05, 3.63) is 44.0 Å². The Morgan fingerprint density at radius 2 is 2.47 bits per heavy atom. The van der Waals surface area contributed by atoms with Gasteiger partial charge in [0.15, 0.2) is 5.16 Å². The van der Waals surface area contributed by atoms with Gasteiger partial charge >= 0.3 is 0 Å². The van der Waals surface area contributed by atoms with Crippen LogP contribution < -0.4 is 5.56 Å². The summed E-state index contributed by atoms with van der Waals surface area (Å²) in [6.07, 6.45) is 2.79. The van der Waals surface area contributed by atoms with Gasteiger partial charge < -0.3 is 4.98 Å². The van der Waals surface area contributed by atoms with E-state index in [1.54, 1.807) is 11.3 Å². The Hall–Kier alpha value is -1.11. The number of aromatic nitrogens is 2. The Labute approximate surface area is 119 Å². The zero-order valence-corrected chi connectivity index (χ0v) is 12.3. The molecule has 0 fully saturated rings. The summed E-state index contributed by atoms with van der Waals surface area (Å²) >= 11 is 3.19. The molecule has 1 aliphatic rings. The zero-order valence-electron chi connectivity index (χ0n) is 10.7. The normalized spacial score (nSPS) is 15.4. The van der Waals surface area contributed by atoms with Gasteiger partial charge in [-0.15, -0.1) is 0 Å². The molecule has 0 spiro atoms. The van der Waals surface area contributed by atoms with E-state index in [0.717, 1.165) is 35.9 Å². The molecule has 0 atom stereocenters. The minimum absolute atomic E-state index is 0.0179. The lowest BCUT2D eigenvalue weighted by atomic mass is 10.1. The second-order valence-corrected chi connectivity index (χ2v) is 6.17. The molecule has 0 unspecified atom stereocenters. The van der Waals surface area contributed by atoms with Gasteiger partial charge in [-0.3, -0.25) is 9.69 Å². The number of hydrogen-bond acceptors (Lipinski definition) is 5. The van der Waals surface area contributed by atoms with Crippen molar-refractivity contribution >= 4 is 23.1 Å². The summed E-state index contributed by atoms with van der Waals surface area (Å²) in [6, 6.07) is 2.14. The van der Waals surface area contributed by atoms with Gasteiger partial charge in [0.2, 0.25) is 0 Å². The highest BCUT2D eigenvalue weighted by Crippen LogP contribution is 2.19. The predicted molar refractivity (Wildman–Crippen MR) is 78.8 cm³/mol. The van der Waals surface area contributed by atoms with Gasteiger partial charge in [0.1, 0.15) is 0 Å². The van der Waals surface area contributed by atoms with Gasteiger partial charge in [-0.05, 0) is 28.6 Å². The minimum Gasteiger partial charge on any atom is -0.301 e. The van der Waals surface area contributed by atoms with Crippen molar-refractivity contribution in [3.8, 4) is 0 Å². The van der Waals surface area contributed by atoms with Gasteiger partial charge in [-0.2, -0.15) is 11.3 Å². The number of thioether (sulfide) groups is 1. The summed E-state index contributed by atoms with van der Waals surface area (Å²) in [7, 11) is 0. The molecule has 2 aromatic rings. The van der Waals surface area contributed by atoms with Crippen LogP contribution in [0.1, 0.15) is 16.8 Å². The standard InChI is InChI=1S/C13H15N3OS2/c1-18-13-14-11-2-4-16(6-9-3-5-19-8-9)7-10(11)12(17)15-13/h3,5,8H,2,4,6-7H2,1H3,(H,14,15,17). The van der Waals surface area contributed by atoms with E-state index in [1.807, 2.05) is 6.26 Å². The fourth-order valence-corrected chi connectivity index (χ4v) is 3.39. The Morgan fingerprint density at radius 1 is 1.58 bits per heavy atom. The third kappa shape index (κ3) is 2.75. The molecule has 0 radical (unpaired) electrons. The third-order valence-corrected chi connectivity index (χ3v) is 4.62. The highest BCUT2D eigenvalue weighted by Gasteiger charge is 2.21. The number of hydrogen-bond donors (Lipinski definition) is 1. The quantitative estimate of drug-likeness (QED) is 0.695. The number of aromatic amines is 1. The molecule has 6 heteroatoms. The van der Waals surface area contributed by atoms with Crippen LogP contribution in [0.15, 0.2) is 26.8 Å². The number of nitrogens with one attached hydrogen (secondary N) is 1. The summed E-state index contributed by atoms with van der Waals surface area (Å²) in [6.45, 7) is 2.57. The van der Waals surface area contributed by atoms with Gasteiger partial charge in [-0.25, -0.2) is 4.98 Å². The maximum absolute atomic E-state index is 12.1. The average molecular weight is 293 g/mol. The SMILES string of the molecule is CSc1nc2c(c(=O)[nH]1)CN(Cc1ccsc1)CC2. The Kier molecular flexibility index (Phi) is 3.72. The molecule has 0 saturated carbocycles. The molecule has 3 heterocycles. The van der Waals surface area contributed by atoms with Crippen molar-refractivity contribution in [2.45, 2.75) is 24.7 Å². The van der Waals surface area contributed by atoms with E-state index in [-0.39, 0.29) is 5.56 Å². The summed E-state index contributed by atoms with van der Waals surface area (Å²) in [5.74, 6) is 0. The molecular weight excluding hydrogens is 278 g/mol. The topological polar surface area (TPSA) is 49.0 Å². The lowest BCUT2D eigenvalue weighted by Crippen LogP contribution is -2.35. The van der Waals surface area contributed by atoms with E-state index in [0.29, 0.717) is 6.54 Å². The maximum Gasteiger partial charge on any atom is 0.256 e. The molecule has 0 aromatic carbocycles. The van der Waals surface area contributed by atoms with E-state index >= 15 is 0 Å². The van der Waals surface area contributed by atoms with E-state index < -0.39 is 0 Å². The second kappa shape index (κ2) is 5.48. The first kappa shape index (κ1) is 12.9. The third-order valence-electron chi connectivity index (χ3n) is 3.31. The highest BCUT2D eigenvalue weighted by atomic mass is 32.2. The fraction of sp³-hybridized carbons (Fsp3) is 0.385. The monoisotopic (exact) mass is 293 g/mol. The Balaban J connectivity index is 1.82. The fourth-order valence-electron chi connectivity index (χ4n) is 2.33. The molecule has 1 aliphatic heterocycles. The molecule has 3 rings (SSSR count). The highest BCUT2D eigenvalue weighted by molar-refractivity contribution is 7.98. The van der Waals surface area contributed by atoms with Crippen LogP contribution in [0, 0.1) is 0 Å². The Morgan fingerprint density at radius 3 is 3.21 bits per heavy atom. The Bertz CT molecular complexity index is 621. The van der Waals surface area contributed by atoms with Crippen molar-refractivity contribution in [2.24, 2.45) is 0 Å². The molecule has 1 N–H and O–H groups in total. The van der Waals surface area contributed by atoms with Gasteiger partial charge in [0.25, 0.3) is 5.56 Å². The van der Waals surface area contributed by atoms with Crippen LogP contribution in [-0.4, -0.2) is 27.7 Å². The summed E-state index contributed by atoms with van der Waals surface area (Å²) in [4.78, 5) is 21.7. The van der Waals surface area contributed by atoms with Gasteiger partial charge in [0.05, 0.1) is 11.3 Å². The number of thiophene rings is 1. The molecule has 0 amide bonds. The van der Waals surface area contributed by atoms with Crippen LogP contribution in [0.3, 0.4) is 0 Å². The number of rotatable bonds is 3. The smallest absolute Gasteiger partial charge is 0.256 e. The van der Waals surface area contributed by atoms with Crippen LogP contribution in [0.2, 0.25) is 0 Å². The molecule has 100 valence electrons. The van der Waals surface area contributed by atoms with Crippen LogP contribution in [-0.2, 0) is 19.5 Å². The predicted octanol–water partition coefficient (Wildman–Crippen LogP) is 2.11. The first-order valence-electron chi connectivity index (χ1n) is 6.16. The van der Waals surface area contributed by atoms with Crippen LogP contribution in [0.25, 0.3) is 0 Å². The van der Waals surface area contributed by atoms with Crippen LogP contribution >= 0.6 is 23.1 Å². The lowest BCUT2D eigenvalue weighted by molar-refractivity contribution is 0.241.